The lowest BCUT2D eigenvalue weighted by molar-refractivity contribution is -0.144. The molecule has 0 radical (unpaired) electrons. The van der Waals surface area contributed by atoms with Crippen molar-refractivity contribution in [2.45, 2.75) is 76.7 Å². The Labute approximate surface area is 344 Å². The molecule has 3 rings (SSSR count). The van der Waals surface area contributed by atoms with Gasteiger partial charge in [0.1, 0.15) is 0 Å². The Morgan fingerprint density at radius 1 is 0.638 bits per heavy atom. The van der Waals surface area contributed by atoms with Crippen LogP contribution in [0, 0.1) is 0 Å². The lowest BCUT2D eigenvalue weighted by Crippen LogP contribution is -2.35. The van der Waals surface area contributed by atoms with E-state index in [9.17, 15) is 52.7 Å². The molecular weight excluding hydrogens is 796 g/mol. The zero-order chi connectivity index (χ0) is 40.2. The van der Waals surface area contributed by atoms with Gasteiger partial charge in [-0.15, -0.1) is 0 Å². The first-order valence-electron chi connectivity index (χ1n) is 14.3. The van der Waals surface area contributed by atoms with Gasteiger partial charge in [0.05, 0.1) is 46.4 Å². The quantitative estimate of drug-likeness (QED) is 0.0893. The van der Waals surface area contributed by atoms with Crippen molar-refractivity contribution in [1.82, 2.24) is 14.7 Å². The van der Waals surface area contributed by atoms with Crippen molar-refractivity contribution in [3.05, 3.63) is 36.5 Å². The fourth-order valence-electron chi connectivity index (χ4n) is 3.07. The van der Waals surface area contributed by atoms with E-state index >= 15 is 0 Å². The molecule has 0 aliphatic carbocycles. The van der Waals surface area contributed by atoms with E-state index in [1.165, 1.54) is 31.4 Å². The summed E-state index contributed by atoms with van der Waals surface area (Å²) in [6, 6.07) is 0. The number of carboxylic acid groups (broad SMARTS) is 2. The molecule has 23 nitrogen and oxygen atoms in total. The first kappa shape index (κ1) is 69.6. The van der Waals surface area contributed by atoms with Crippen molar-refractivity contribution >= 4 is 78.0 Å². The van der Waals surface area contributed by atoms with Gasteiger partial charge in [-0.05, 0) is 17.4 Å². The van der Waals surface area contributed by atoms with Crippen LogP contribution in [0.2, 0.25) is 0 Å². The zero-order valence-corrected chi connectivity index (χ0v) is 28.5. The van der Waals surface area contributed by atoms with Crippen LogP contribution in [0.4, 0.5) is 9.59 Å². The number of carbonyl (C=O) groups is 11. The first-order chi connectivity index (χ1) is 24.5. The maximum atomic E-state index is 11.1. The summed E-state index contributed by atoms with van der Waals surface area (Å²) in [5.41, 5.74) is 9.33. The third kappa shape index (κ3) is 32.0. The van der Waals surface area contributed by atoms with E-state index in [2.05, 4.69) is 41.7 Å². The number of methoxy groups -OCH3 is 2. The zero-order valence-electron chi connectivity index (χ0n) is 27.7. The molecule has 6 N–H and O–H groups in total. The van der Waals surface area contributed by atoms with E-state index in [-0.39, 0.29) is 114 Å². The standard InChI is InChI=1S/C8H8N2O4S.C8H9NO4.C6H5NO4.C4H9NO3.C2H5NO2.6CH4/c11-6-3-4-7(12)10(6)5-1-2-8(13)14-9-15;10-6-3-4-7(11)9(6)5-1-2-8(12)13;1-11-6(10)7-4(8)2-3-5(7)9;5-3-8-2-1-4(6)7;1-5-2(3)4;;;;;;/h3-4H,1-2,5H2;3-4H,1-2,5H2,(H,12,13);2-3H,1H3;1-3,5H2,(H,6,7);1H3,(H2,3,4);6*1H4. The molecule has 0 saturated carbocycles. The molecule has 334 valence electrons. The highest BCUT2D eigenvalue weighted by Crippen LogP contribution is 2.07. The van der Waals surface area contributed by atoms with Gasteiger partial charge >= 0.3 is 30.1 Å². The van der Waals surface area contributed by atoms with Crippen LogP contribution < -0.4 is 11.5 Å². The Balaban J connectivity index is -0.0000000906. The number of primary amides is 1. The number of nitrogens with two attached hydrogens (primary N) is 2. The van der Waals surface area contributed by atoms with Crippen molar-refractivity contribution in [3.63, 3.8) is 0 Å². The number of ether oxygens (including phenoxy) is 3. The SMILES string of the molecule is C.C.C.C.C.C.COC(=O)N1C(=O)C=CC1=O.COC(N)=O.NCOCCC(=O)O.O=C(CCCN1C(=O)C=CC1=O)ON=S.O=C(O)CCCN1C(=O)C=CC1=O. The van der Waals surface area contributed by atoms with E-state index in [0.717, 1.165) is 29.1 Å². The summed E-state index contributed by atoms with van der Waals surface area (Å²) in [4.78, 5) is 123. The summed E-state index contributed by atoms with van der Waals surface area (Å²) in [6.45, 7) is 0.660. The maximum Gasteiger partial charge on any atom is 0.423 e. The Morgan fingerprint density at radius 3 is 1.28 bits per heavy atom. The van der Waals surface area contributed by atoms with Gasteiger partial charge in [0.2, 0.25) is 0 Å². The molecule has 3 aliphatic rings. The Kier molecular flexibility index (Phi) is 48.5. The minimum Gasteiger partial charge on any atom is -0.481 e. The Bertz CT molecular complexity index is 1400. The van der Waals surface area contributed by atoms with Crippen LogP contribution in [0.3, 0.4) is 0 Å². The summed E-state index contributed by atoms with van der Waals surface area (Å²) in [6.07, 6.45) is 5.78. The molecule has 3 heterocycles. The summed E-state index contributed by atoms with van der Waals surface area (Å²) >= 11 is 4.08. The van der Waals surface area contributed by atoms with Crippen LogP contribution in [-0.2, 0) is 74.6 Å². The maximum absolute atomic E-state index is 11.1. The number of carbonyl (C=O) groups excluding carboxylic acids is 9. The van der Waals surface area contributed by atoms with Gasteiger partial charge in [-0.3, -0.25) is 48.2 Å². The molecule has 0 aromatic heterocycles. The van der Waals surface area contributed by atoms with E-state index in [4.69, 9.17) is 15.9 Å². The molecular formula is C34H60N6O17S. The van der Waals surface area contributed by atoms with Gasteiger partial charge in [0, 0.05) is 62.4 Å². The third-order valence-electron chi connectivity index (χ3n) is 5.42. The van der Waals surface area contributed by atoms with Gasteiger partial charge in [0.15, 0.2) is 0 Å². The predicted molar refractivity (Wildman–Crippen MR) is 211 cm³/mol. The van der Waals surface area contributed by atoms with Crippen LogP contribution in [0.1, 0.15) is 76.7 Å². The van der Waals surface area contributed by atoms with Crippen molar-refractivity contribution in [3.8, 4) is 0 Å². The van der Waals surface area contributed by atoms with E-state index in [1.54, 1.807) is 0 Å². The minimum atomic E-state index is -0.954. The summed E-state index contributed by atoms with van der Waals surface area (Å²) in [7, 11) is 2.32. The number of amides is 8. The molecule has 24 heteroatoms. The van der Waals surface area contributed by atoms with Crippen molar-refractivity contribution in [1.29, 1.82) is 0 Å². The second kappa shape index (κ2) is 40.4. The fourth-order valence-corrected chi connectivity index (χ4v) is 3.16. The van der Waals surface area contributed by atoms with Crippen LogP contribution >= 0.6 is 0 Å². The molecule has 58 heavy (non-hydrogen) atoms. The Morgan fingerprint density at radius 2 is 0.983 bits per heavy atom. The molecule has 0 aromatic rings. The number of nitrogens with zero attached hydrogens (tertiary/aromatic N) is 4. The number of hydrogen-bond acceptors (Lipinski definition) is 18. The van der Waals surface area contributed by atoms with Gasteiger partial charge in [-0.25, -0.2) is 14.4 Å². The lowest BCUT2D eigenvalue weighted by Gasteiger charge is -2.12. The second-order valence-corrected chi connectivity index (χ2v) is 9.17. The van der Waals surface area contributed by atoms with Crippen LogP contribution in [0.15, 0.2) is 41.0 Å². The van der Waals surface area contributed by atoms with Crippen molar-refractivity contribution < 1.29 is 82.0 Å². The number of hydrogen-bond donors (Lipinski definition) is 4. The van der Waals surface area contributed by atoms with Gasteiger partial charge < -0.3 is 40.7 Å². The van der Waals surface area contributed by atoms with Crippen molar-refractivity contribution in [2.75, 3.05) is 40.6 Å². The monoisotopic (exact) mass is 856 g/mol. The first-order valence-corrected chi connectivity index (χ1v) is 14.6. The largest absolute Gasteiger partial charge is 0.481 e. The number of imide groups is 5. The summed E-state index contributed by atoms with van der Waals surface area (Å²) in [5.74, 6) is -5.14. The van der Waals surface area contributed by atoms with E-state index in [0.29, 0.717) is 17.7 Å². The van der Waals surface area contributed by atoms with E-state index < -0.39 is 41.9 Å². The average molecular weight is 857 g/mol. The molecule has 0 fully saturated rings. The fraction of sp³-hybridized carbons (Fsp3) is 0.500. The van der Waals surface area contributed by atoms with Crippen LogP contribution in [-0.4, -0.2) is 131 Å². The third-order valence-corrected chi connectivity index (χ3v) is 5.50. The highest BCUT2D eigenvalue weighted by Gasteiger charge is 2.30. The van der Waals surface area contributed by atoms with E-state index in [1.807, 2.05) is 0 Å². The molecule has 8 amide bonds. The van der Waals surface area contributed by atoms with Crippen LogP contribution in [0.25, 0.3) is 0 Å². The second-order valence-electron chi connectivity index (χ2n) is 9.02. The van der Waals surface area contributed by atoms with Crippen LogP contribution in [0.5, 0.6) is 0 Å². The summed E-state index contributed by atoms with van der Waals surface area (Å²) in [5, 5.41) is 16.3. The molecule has 3 aliphatic heterocycles. The normalized spacial score (nSPS) is 12.1. The van der Waals surface area contributed by atoms with Crippen molar-refractivity contribution in [2.24, 2.45) is 16.0 Å². The molecule has 0 atom stereocenters. The highest BCUT2D eigenvalue weighted by molar-refractivity contribution is 7.47. The smallest absolute Gasteiger partial charge is 0.423 e. The minimum absolute atomic E-state index is 0. The predicted octanol–water partition coefficient (Wildman–Crippen LogP) is 2.26. The Hall–Kier alpha value is -6.27. The molecule has 0 saturated heterocycles. The molecule has 0 unspecified atom stereocenters. The molecule has 0 bridgehead atoms. The highest BCUT2D eigenvalue weighted by atomic mass is 32.1. The van der Waals surface area contributed by atoms with Gasteiger partial charge in [0.25, 0.3) is 35.4 Å². The summed E-state index contributed by atoms with van der Waals surface area (Å²) < 4.78 is 15.4. The van der Waals surface area contributed by atoms with Gasteiger partial charge in [-0.1, -0.05) is 44.6 Å². The number of rotatable bonds is 13. The topological polar surface area (TPSA) is 339 Å². The average Bonchev–Trinajstić information content (AvgIpc) is 3.72. The lowest BCUT2D eigenvalue weighted by atomic mass is 10.3. The molecule has 0 spiro atoms. The number of aliphatic carboxylic acids is 2. The molecule has 0 aromatic carbocycles. The number of carboxylic acids is 2. The van der Waals surface area contributed by atoms with Gasteiger partial charge in [-0.2, -0.15) is 4.90 Å².